The third-order valence-corrected chi connectivity index (χ3v) is 3.71. The molecule has 1 nitrogen and oxygen atoms in total. The average molecular weight is 225 g/mol. The summed E-state index contributed by atoms with van der Waals surface area (Å²) in [5, 5.41) is 5.85. The Balaban J connectivity index is 2.87. The molecule has 0 spiro atoms. The molecule has 0 aliphatic heterocycles. The fourth-order valence-corrected chi connectivity index (χ4v) is 3.01. The molecule has 0 amide bonds. The highest BCUT2D eigenvalue weighted by atomic mass is 32.1. The van der Waals surface area contributed by atoms with E-state index < -0.39 is 0 Å². The van der Waals surface area contributed by atoms with Crippen LogP contribution in [-0.2, 0) is 0 Å². The zero-order valence-corrected chi connectivity index (χ0v) is 11.4. The molecule has 0 aliphatic carbocycles. The van der Waals surface area contributed by atoms with Crippen molar-refractivity contribution in [2.45, 2.75) is 47.1 Å². The highest BCUT2D eigenvalue weighted by Crippen LogP contribution is 2.37. The van der Waals surface area contributed by atoms with E-state index in [2.05, 4.69) is 51.4 Å². The molecular weight excluding hydrogens is 202 g/mol. The number of hydrogen-bond acceptors (Lipinski definition) is 2. The third kappa shape index (κ3) is 3.32. The first-order valence-corrected chi connectivity index (χ1v) is 6.62. The summed E-state index contributed by atoms with van der Waals surface area (Å²) in [7, 11) is 0. The van der Waals surface area contributed by atoms with Gasteiger partial charge in [-0.1, -0.05) is 27.7 Å². The van der Waals surface area contributed by atoms with E-state index in [-0.39, 0.29) is 5.41 Å². The highest BCUT2D eigenvalue weighted by molar-refractivity contribution is 7.10. The minimum absolute atomic E-state index is 0.283. The number of thiophene rings is 1. The van der Waals surface area contributed by atoms with Gasteiger partial charge >= 0.3 is 0 Å². The Bertz CT molecular complexity index is 296. The number of aryl methyl sites for hydroxylation is 1. The minimum Gasteiger partial charge on any atom is -0.309 e. The summed E-state index contributed by atoms with van der Waals surface area (Å²) in [5.41, 5.74) is 1.70. The van der Waals surface area contributed by atoms with Gasteiger partial charge in [0.1, 0.15) is 0 Å². The Morgan fingerprint density at radius 1 is 1.40 bits per heavy atom. The van der Waals surface area contributed by atoms with Crippen LogP contribution in [0.5, 0.6) is 0 Å². The standard InChI is InChI=1S/C13H23NS/c1-6-8-14-12(13(3,4)5)11-10(2)7-9-15-11/h7,9,12,14H,6,8H2,1-5H3. The Kier molecular flexibility index (Phi) is 4.35. The van der Waals surface area contributed by atoms with Crippen LogP contribution in [0.1, 0.15) is 50.6 Å². The second kappa shape index (κ2) is 5.13. The Hall–Kier alpha value is -0.340. The van der Waals surface area contributed by atoms with Crippen LogP contribution >= 0.6 is 11.3 Å². The molecule has 1 heterocycles. The lowest BCUT2D eigenvalue weighted by molar-refractivity contribution is 0.276. The van der Waals surface area contributed by atoms with Gasteiger partial charge in [0.25, 0.3) is 0 Å². The van der Waals surface area contributed by atoms with Gasteiger partial charge in [-0.25, -0.2) is 0 Å². The van der Waals surface area contributed by atoms with Crippen molar-refractivity contribution in [2.75, 3.05) is 6.54 Å². The molecule has 1 aromatic heterocycles. The normalized spacial score (nSPS) is 14.2. The molecule has 0 aliphatic rings. The van der Waals surface area contributed by atoms with Crippen LogP contribution in [0.25, 0.3) is 0 Å². The van der Waals surface area contributed by atoms with Crippen LogP contribution in [0, 0.1) is 12.3 Å². The summed E-state index contributed by atoms with van der Waals surface area (Å²) in [6.45, 7) is 12.4. The molecule has 0 fully saturated rings. The molecule has 1 unspecified atom stereocenters. The largest absolute Gasteiger partial charge is 0.309 e. The van der Waals surface area contributed by atoms with Crippen LogP contribution in [-0.4, -0.2) is 6.54 Å². The fourth-order valence-electron chi connectivity index (χ4n) is 1.76. The first kappa shape index (κ1) is 12.7. The zero-order chi connectivity index (χ0) is 11.5. The smallest absolute Gasteiger partial charge is 0.0466 e. The van der Waals surface area contributed by atoms with E-state index in [1.165, 1.54) is 16.9 Å². The molecule has 1 aromatic rings. The molecule has 1 atom stereocenters. The summed E-state index contributed by atoms with van der Waals surface area (Å²) >= 11 is 1.87. The van der Waals surface area contributed by atoms with E-state index in [4.69, 9.17) is 0 Å². The van der Waals surface area contributed by atoms with Gasteiger partial charge in [0, 0.05) is 10.9 Å². The topological polar surface area (TPSA) is 12.0 Å². The summed E-state index contributed by atoms with van der Waals surface area (Å²) < 4.78 is 0. The van der Waals surface area contributed by atoms with Crippen molar-refractivity contribution < 1.29 is 0 Å². The van der Waals surface area contributed by atoms with E-state index in [1.54, 1.807) is 0 Å². The summed E-state index contributed by atoms with van der Waals surface area (Å²) in [4.78, 5) is 1.50. The van der Waals surface area contributed by atoms with Crippen LogP contribution in [0.3, 0.4) is 0 Å². The Morgan fingerprint density at radius 3 is 2.47 bits per heavy atom. The van der Waals surface area contributed by atoms with Gasteiger partial charge in [0.15, 0.2) is 0 Å². The number of nitrogens with one attached hydrogen (secondary N) is 1. The molecule has 15 heavy (non-hydrogen) atoms. The molecular formula is C13H23NS. The zero-order valence-electron chi connectivity index (χ0n) is 10.6. The van der Waals surface area contributed by atoms with Crippen molar-refractivity contribution in [3.63, 3.8) is 0 Å². The summed E-state index contributed by atoms with van der Waals surface area (Å²) in [6.07, 6.45) is 1.19. The van der Waals surface area contributed by atoms with Crippen molar-refractivity contribution in [3.8, 4) is 0 Å². The summed E-state index contributed by atoms with van der Waals surface area (Å²) in [5.74, 6) is 0. The molecule has 0 saturated carbocycles. The molecule has 0 saturated heterocycles. The van der Waals surface area contributed by atoms with E-state index in [1.807, 2.05) is 11.3 Å². The van der Waals surface area contributed by atoms with E-state index in [0.29, 0.717) is 6.04 Å². The monoisotopic (exact) mass is 225 g/mol. The van der Waals surface area contributed by atoms with Gasteiger partial charge in [-0.2, -0.15) is 0 Å². The lowest BCUT2D eigenvalue weighted by Gasteiger charge is -2.31. The van der Waals surface area contributed by atoms with Crippen molar-refractivity contribution in [1.29, 1.82) is 0 Å². The van der Waals surface area contributed by atoms with Gasteiger partial charge < -0.3 is 5.32 Å². The van der Waals surface area contributed by atoms with Crippen LogP contribution < -0.4 is 5.32 Å². The fraction of sp³-hybridized carbons (Fsp3) is 0.692. The lowest BCUT2D eigenvalue weighted by Crippen LogP contribution is -2.32. The van der Waals surface area contributed by atoms with Crippen molar-refractivity contribution >= 4 is 11.3 Å². The molecule has 0 bridgehead atoms. The maximum atomic E-state index is 3.66. The Labute approximate surface area is 97.9 Å². The molecule has 0 radical (unpaired) electrons. The highest BCUT2D eigenvalue weighted by Gasteiger charge is 2.27. The SMILES string of the molecule is CCCNC(c1sccc1C)C(C)(C)C. The predicted octanol–water partition coefficient (Wildman–Crippen LogP) is 4.14. The van der Waals surface area contributed by atoms with Crippen LogP contribution in [0.4, 0.5) is 0 Å². The van der Waals surface area contributed by atoms with Crippen LogP contribution in [0.2, 0.25) is 0 Å². The first-order valence-electron chi connectivity index (χ1n) is 5.74. The van der Waals surface area contributed by atoms with Crippen molar-refractivity contribution in [3.05, 3.63) is 21.9 Å². The van der Waals surface area contributed by atoms with Crippen molar-refractivity contribution in [2.24, 2.45) is 5.41 Å². The molecule has 1 N–H and O–H groups in total. The predicted molar refractivity (Wildman–Crippen MR) is 69.5 cm³/mol. The van der Waals surface area contributed by atoms with E-state index in [0.717, 1.165) is 6.54 Å². The van der Waals surface area contributed by atoms with Gasteiger partial charge in [-0.05, 0) is 42.3 Å². The second-order valence-corrected chi connectivity index (χ2v) is 6.17. The molecule has 86 valence electrons. The van der Waals surface area contributed by atoms with Gasteiger partial charge in [0.05, 0.1) is 0 Å². The van der Waals surface area contributed by atoms with Crippen LogP contribution in [0.15, 0.2) is 11.4 Å². The van der Waals surface area contributed by atoms with E-state index >= 15 is 0 Å². The molecule has 1 rings (SSSR count). The summed E-state index contributed by atoms with van der Waals surface area (Å²) in [6, 6.07) is 2.70. The second-order valence-electron chi connectivity index (χ2n) is 5.22. The molecule has 2 heteroatoms. The lowest BCUT2D eigenvalue weighted by atomic mass is 9.85. The molecule has 0 aromatic carbocycles. The third-order valence-electron chi connectivity index (χ3n) is 2.63. The maximum absolute atomic E-state index is 3.66. The quantitative estimate of drug-likeness (QED) is 0.812. The number of rotatable bonds is 4. The van der Waals surface area contributed by atoms with E-state index in [9.17, 15) is 0 Å². The average Bonchev–Trinajstić information content (AvgIpc) is 2.51. The minimum atomic E-state index is 0.283. The van der Waals surface area contributed by atoms with Gasteiger partial charge in [-0.15, -0.1) is 11.3 Å². The number of hydrogen-bond donors (Lipinski definition) is 1. The first-order chi connectivity index (χ1) is 6.96. The van der Waals surface area contributed by atoms with Gasteiger partial charge in [-0.3, -0.25) is 0 Å². The van der Waals surface area contributed by atoms with Gasteiger partial charge in [0.2, 0.25) is 0 Å². The van der Waals surface area contributed by atoms with Crippen molar-refractivity contribution in [1.82, 2.24) is 5.32 Å². The Morgan fingerprint density at radius 2 is 2.07 bits per heavy atom. The maximum Gasteiger partial charge on any atom is 0.0466 e.